The van der Waals surface area contributed by atoms with Gasteiger partial charge in [0.25, 0.3) is 0 Å². The summed E-state index contributed by atoms with van der Waals surface area (Å²) in [7, 11) is 0. The van der Waals surface area contributed by atoms with Crippen LogP contribution >= 0.6 is 0 Å². The summed E-state index contributed by atoms with van der Waals surface area (Å²) in [5.74, 6) is 0. The molecule has 1 N–H and O–H groups in total. The summed E-state index contributed by atoms with van der Waals surface area (Å²) in [5.41, 5.74) is 2.60. The molecule has 1 aliphatic rings. The molecule has 0 radical (unpaired) electrons. The molecule has 1 aromatic carbocycles. The van der Waals surface area contributed by atoms with Crippen molar-refractivity contribution in [1.29, 1.82) is 0 Å². The quantitative estimate of drug-likeness (QED) is 0.725. The molecule has 0 spiro atoms. The zero-order valence-corrected chi connectivity index (χ0v) is 7.79. The maximum atomic E-state index is 3.74. The van der Waals surface area contributed by atoms with Crippen molar-refractivity contribution in [3.63, 3.8) is 0 Å². The Morgan fingerprint density at radius 3 is 2.62 bits per heavy atom. The van der Waals surface area contributed by atoms with Gasteiger partial charge in [-0.3, -0.25) is 0 Å². The SMILES string of the molecule is C=Cc1ccc([C@H]2CCCN2)cc1. The van der Waals surface area contributed by atoms with Crippen molar-refractivity contribution >= 4 is 6.08 Å². The van der Waals surface area contributed by atoms with E-state index < -0.39 is 0 Å². The van der Waals surface area contributed by atoms with Crippen LogP contribution in [0.1, 0.15) is 30.0 Å². The van der Waals surface area contributed by atoms with Gasteiger partial charge in [0.15, 0.2) is 0 Å². The highest BCUT2D eigenvalue weighted by Crippen LogP contribution is 2.22. The topological polar surface area (TPSA) is 12.0 Å². The molecule has 1 heteroatoms. The Kier molecular flexibility index (Phi) is 2.46. The Balaban J connectivity index is 2.16. The van der Waals surface area contributed by atoms with Crippen LogP contribution in [0.4, 0.5) is 0 Å². The van der Waals surface area contributed by atoms with Gasteiger partial charge in [0.2, 0.25) is 0 Å². The van der Waals surface area contributed by atoms with E-state index in [0.717, 1.165) is 6.54 Å². The van der Waals surface area contributed by atoms with Crippen LogP contribution in [0.5, 0.6) is 0 Å². The maximum absolute atomic E-state index is 3.74. The molecule has 2 rings (SSSR count). The fraction of sp³-hybridized carbons (Fsp3) is 0.333. The zero-order chi connectivity index (χ0) is 9.10. The monoisotopic (exact) mass is 173 g/mol. The minimum absolute atomic E-state index is 0.582. The summed E-state index contributed by atoms with van der Waals surface area (Å²) in [6, 6.07) is 9.23. The minimum Gasteiger partial charge on any atom is -0.310 e. The Hall–Kier alpha value is -1.08. The lowest BCUT2D eigenvalue weighted by Gasteiger charge is -2.10. The summed E-state index contributed by atoms with van der Waals surface area (Å²) in [6.45, 7) is 4.90. The molecule has 1 fully saturated rings. The average molecular weight is 173 g/mol. The standard InChI is InChI=1S/C12H15N/c1-2-10-5-7-11(8-6-10)12-4-3-9-13-12/h2,5-8,12-13H,1,3-4,9H2/t12-/m1/s1. The third-order valence-corrected chi connectivity index (χ3v) is 2.63. The largest absolute Gasteiger partial charge is 0.310 e. The van der Waals surface area contributed by atoms with Crippen molar-refractivity contribution in [2.45, 2.75) is 18.9 Å². The Morgan fingerprint density at radius 2 is 2.08 bits per heavy atom. The second-order valence-corrected chi connectivity index (χ2v) is 3.52. The van der Waals surface area contributed by atoms with Crippen molar-refractivity contribution < 1.29 is 0 Å². The first kappa shape index (κ1) is 8.52. The van der Waals surface area contributed by atoms with E-state index in [9.17, 15) is 0 Å². The number of nitrogens with one attached hydrogen (secondary N) is 1. The Labute approximate surface area is 79.5 Å². The molecule has 0 saturated carbocycles. The molecule has 1 heterocycles. The molecule has 0 unspecified atom stereocenters. The fourth-order valence-electron chi connectivity index (χ4n) is 1.83. The van der Waals surface area contributed by atoms with Gasteiger partial charge in [-0.25, -0.2) is 0 Å². The molecule has 1 atom stereocenters. The molecule has 13 heavy (non-hydrogen) atoms. The second-order valence-electron chi connectivity index (χ2n) is 3.52. The summed E-state index contributed by atoms with van der Waals surface area (Å²) in [4.78, 5) is 0. The number of rotatable bonds is 2. The van der Waals surface area contributed by atoms with Crippen LogP contribution in [0, 0.1) is 0 Å². The summed E-state index contributed by atoms with van der Waals surface area (Å²) < 4.78 is 0. The first-order chi connectivity index (χ1) is 6.40. The van der Waals surface area contributed by atoms with Gasteiger partial charge in [0, 0.05) is 6.04 Å². The lowest BCUT2D eigenvalue weighted by Crippen LogP contribution is -2.12. The van der Waals surface area contributed by atoms with E-state index >= 15 is 0 Å². The number of hydrogen-bond acceptors (Lipinski definition) is 1. The van der Waals surface area contributed by atoms with Gasteiger partial charge >= 0.3 is 0 Å². The van der Waals surface area contributed by atoms with Gasteiger partial charge in [-0.05, 0) is 30.5 Å². The van der Waals surface area contributed by atoms with Gasteiger partial charge in [-0.1, -0.05) is 36.9 Å². The van der Waals surface area contributed by atoms with Crippen molar-refractivity contribution in [2.75, 3.05) is 6.54 Å². The fourth-order valence-corrected chi connectivity index (χ4v) is 1.83. The smallest absolute Gasteiger partial charge is 0.0320 e. The highest BCUT2D eigenvalue weighted by atomic mass is 14.9. The first-order valence-electron chi connectivity index (χ1n) is 4.86. The number of hydrogen-bond donors (Lipinski definition) is 1. The van der Waals surface area contributed by atoms with Crippen LogP contribution < -0.4 is 5.32 Å². The highest BCUT2D eigenvalue weighted by Gasteiger charge is 2.15. The second kappa shape index (κ2) is 3.75. The molecule has 1 aliphatic heterocycles. The molecule has 0 bridgehead atoms. The van der Waals surface area contributed by atoms with Gasteiger partial charge in [-0.15, -0.1) is 0 Å². The van der Waals surface area contributed by atoms with Crippen LogP contribution in [0.2, 0.25) is 0 Å². The van der Waals surface area contributed by atoms with Crippen LogP contribution in [0.3, 0.4) is 0 Å². The van der Waals surface area contributed by atoms with Gasteiger partial charge in [0.05, 0.1) is 0 Å². The van der Waals surface area contributed by atoms with Crippen LogP contribution in [0.25, 0.3) is 6.08 Å². The van der Waals surface area contributed by atoms with E-state index in [1.807, 2.05) is 6.08 Å². The van der Waals surface area contributed by atoms with Crippen molar-refractivity contribution in [3.05, 3.63) is 42.0 Å². The normalized spacial score (nSPS) is 21.7. The summed E-state index contributed by atoms with van der Waals surface area (Å²) in [5, 5.41) is 3.48. The van der Waals surface area contributed by atoms with Gasteiger partial charge < -0.3 is 5.32 Å². The predicted molar refractivity (Wildman–Crippen MR) is 56.5 cm³/mol. The van der Waals surface area contributed by atoms with E-state index in [0.29, 0.717) is 6.04 Å². The lowest BCUT2D eigenvalue weighted by atomic mass is 10.0. The minimum atomic E-state index is 0.582. The summed E-state index contributed by atoms with van der Waals surface area (Å²) in [6.07, 6.45) is 4.45. The molecule has 68 valence electrons. The highest BCUT2D eigenvalue weighted by molar-refractivity contribution is 5.47. The molecule has 1 saturated heterocycles. The van der Waals surface area contributed by atoms with Gasteiger partial charge in [0.1, 0.15) is 0 Å². The maximum Gasteiger partial charge on any atom is 0.0320 e. The van der Waals surface area contributed by atoms with E-state index in [-0.39, 0.29) is 0 Å². The van der Waals surface area contributed by atoms with Crippen molar-refractivity contribution in [3.8, 4) is 0 Å². The van der Waals surface area contributed by atoms with E-state index in [4.69, 9.17) is 0 Å². The first-order valence-corrected chi connectivity index (χ1v) is 4.86. The third kappa shape index (κ3) is 1.81. The van der Waals surface area contributed by atoms with Crippen LogP contribution in [-0.2, 0) is 0 Å². The number of benzene rings is 1. The molecular formula is C12H15N. The molecule has 1 nitrogen and oxygen atoms in total. The van der Waals surface area contributed by atoms with E-state index in [1.165, 1.54) is 24.0 Å². The van der Waals surface area contributed by atoms with Crippen molar-refractivity contribution in [2.24, 2.45) is 0 Å². The van der Waals surface area contributed by atoms with Crippen LogP contribution in [-0.4, -0.2) is 6.54 Å². The van der Waals surface area contributed by atoms with E-state index in [1.54, 1.807) is 0 Å². The Morgan fingerprint density at radius 1 is 1.31 bits per heavy atom. The molecule has 0 aromatic heterocycles. The summed E-state index contributed by atoms with van der Waals surface area (Å²) >= 11 is 0. The molecule has 0 amide bonds. The Bertz CT molecular complexity index is 280. The molecule has 1 aromatic rings. The van der Waals surface area contributed by atoms with Crippen molar-refractivity contribution in [1.82, 2.24) is 5.32 Å². The zero-order valence-electron chi connectivity index (χ0n) is 7.79. The van der Waals surface area contributed by atoms with E-state index in [2.05, 4.69) is 36.2 Å². The van der Waals surface area contributed by atoms with Crippen LogP contribution in [0.15, 0.2) is 30.8 Å². The lowest BCUT2D eigenvalue weighted by molar-refractivity contribution is 0.648. The average Bonchev–Trinajstić information content (AvgIpc) is 2.71. The molecular weight excluding hydrogens is 158 g/mol. The molecule has 0 aliphatic carbocycles. The third-order valence-electron chi connectivity index (χ3n) is 2.63. The van der Waals surface area contributed by atoms with Gasteiger partial charge in [-0.2, -0.15) is 0 Å². The predicted octanol–water partition coefficient (Wildman–Crippen LogP) is 2.75.